The normalized spacial score (nSPS) is 13.7. The number of rotatable bonds is 4. The van der Waals surface area contributed by atoms with Crippen molar-refractivity contribution in [3.8, 4) is 0 Å². The van der Waals surface area contributed by atoms with Crippen LogP contribution in [0, 0.1) is 5.92 Å². The smallest absolute Gasteiger partial charge is 0.306 e. The average Bonchev–Trinajstić information content (AvgIpc) is 2.50. The summed E-state index contributed by atoms with van der Waals surface area (Å²) in [6, 6.07) is 3.20. The van der Waals surface area contributed by atoms with Gasteiger partial charge in [-0.2, -0.15) is 0 Å². The van der Waals surface area contributed by atoms with Gasteiger partial charge in [-0.25, -0.2) is 8.42 Å². The monoisotopic (exact) mass is 231 g/mol. The first-order chi connectivity index (χ1) is 6.82. The van der Waals surface area contributed by atoms with E-state index in [-0.39, 0.29) is 6.42 Å². The molecule has 1 N–H and O–H groups in total. The lowest BCUT2D eigenvalue weighted by Gasteiger charge is -2.09. The molecule has 0 saturated carbocycles. The molecule has 1 aromatic rings. The van der Waals surface area contributed by atoms with Crippen molar-refractivity contribution in [2.45, 2.75) is 13.3 Å². The number of carboxylic acid groups (broad SMARTS) is 1. The average molecular weight is 231 g/mol. The van der Waals surface area contributed by atoms with Crippen LogP contribution in [0.15, 0.2) is 18.3 Å². The second-order valence-electron chi connectivity index (χ2n) is 3.50. The van der Waals surface area contributed by atoms with Gasteiger partial charge in [-0.1, -0.05) is 6.92 Å². The van der Waals surface area contributed by atoms with Gasteiger partial charge in [-0.3, -0.25) is 8.77 Å². The zero-order chi connectivity index (χ0) is 11.6. The number of aromatic nitrogens is 1. The van der Waals surface area contributed by atoms with Crippen LogP contribution in [0.2, 0.25) is 0 Å². The predicted molar refractivity (Wildman–Crippen MR) is 55.2 cm³/mol. The summed E-state index contributed by atoms with van der Waals surface area (Å²) < 4.78 is 23.7. The first-order valence-electron chi connectivity index (χ1n) is 4.42. The van der Waals surface area contributed by atoms with Crippen LogP contribution in [-0.4, -0.2) is 29.7 Å². The molecule has 1 unspecified atom stereocenters. The van der Waals surface area contributed by atoms with E-state index in [0.717, 1.165) is 10.2 Å². The van der Waals surface area contributed by atoms with Crippen molar-refractivity contribution in [1.82, 2.24) is 3.97 Å². The third-order valence-corrected chi connectivity index (χ3v) is 3.16. The Kier molecular flexibility index (Phi) is 3.18. The van der Waals surface area contributed by atoms with E-state index in [2.05, 4.69) is 0 Å². The van der Waals surface area contributed by atoms with E-state index in [1.54, 1.807) is 19.1 Å². The van der Waals surface area contributed by atoms with E-state index in [1.807, 2.05) is 0 Å². The number of hydrogen-bond donors (Lipinski definition) is 1. The summed E-state index contributed by atoms with van der Waals surface area (Å²) in [6.45, 7) is 1.54. The Bertz CT molecular complexity index is 460. The second-order valence-corrected chi connectivity index (χ2v) is 5.36. The number of aliphatic carboxylic acids is 1. The summed E-state index contributed by atoms with van der Waals surface area (Å²) in [5.41, 5.74) is 0.493. The van der Waals surface area contributed by atoms with Gasteiger partial charge in [0, 0.05) is 18.3 Å². The van der Waals surface area contributed by atoms with E-state index in [0.29, 0.717) is 5.69 Å². The third kappa shape index (κ3) is 2.82. The maximum absolute atomic E-state index is 11.3. The van der Waals surface area contributed by atoms with Gasteiger partial charge in [-0.15, -0.1) is 0 Å². The standard InChI is InChI=1S/C9H13NO4S/c1-7(9(11)12)6-8-4-3-5-10(8)15(2,13)14/h3-5,7H,6H2,1-2H3,(H,11,12). The Morgan fingerprint density at radius 1 is 1.60 bits per heavy atom. The minimum Gasteiger partial charge on any atom is -0.481 e. The third-order valence-electron chi connectivity index (χ3n) is 2.09. The molecule has 1 heterocycles. The van der Waals surface area contributed by atoms with E-state index in [1.165, 1.54) is 6.20 Å². The van der Waals surface area contributed by atoms with Gasteiger partial charge in [0.25, 0.3) is 0 Å². The van der Waals surface area contributed by atoms with Crippen molar-refractivity contribution in [3.05, 3.63) is 24.0 Å². The van der Waals surface area contributed by atoms with Gasteiger partial charge < -0.3 is 5.11 Å². The summed E-state index contributed by atoms with van der Waals surface area (Å²) in [6.07, 6.45) is 2.70. The molecule has 0 aliphatic rings. The quantitative estimate of drug-likeness (QED) is 0.821. The molecule has 0 radical (unpaired) electrons. The highest BCUT2D eigenvalue weighted by Gasteiger charge is 2.16. The van der Waals surface area contributed by atoms with Gasteiger partial charge in [0.15, 0.2) is 0 Å². The van der Waals surface area contributed by atoms with Crippen molar-refractivity contribution in [2.75, 3.05) is 6.26 Å². The van der Waals surface area contributed by atoms with Crippen LogP contribution in [0.1, 0.15) is 12.6 Å². The van der Waals surface area contributed by atoms with Gasteiger partial charge in [0.1, 0.15) is 0 Å². The van der Waals surface area contributed by atoms with Crippen LogP contribution < -0.4 is 0 Å². The molecule has 1 rings (SSSR count). The molecule has 5 nitrogen and oxygen atoms in total. The van der Waals surface area contributed by atoms with E-state index in [9.17, 15) is 13.2 Å². The Balaban J connectivity index is 2.98. The number of nitrogens with zero attached hydrogens (tertiary/aromatic N) is 1. The molecular formula is C9H13NO4S. The van der Waals surface area contributed by atoms with Crippen LogP contribution in [-0.2, 0) is 21.2 Å². The number of carbonyl (C=O) groups is 1. The topological polar surface area (TPSA) is 76.4 Å². The first-order valence-corrected chi connectivity index (χ1v) is 6.27. The van der Waals surface area contributed by atoms with E-state index >= 15 is 0 Å². The summed E-state index contributed by atoms with van der Waals surface area (Å²) in [7, 11) is -3.34. The van der Waals surface area contributed by atoms with Crippen molar-refractivity contribution in [2.24, 2.45) is 5.92 Å². The van der Waals surface area contributed by atoms with Gasteiger partial charge >= 0.3 is 5.97 Å². The SMILES string of the molecule is CC(Cc1cccn1S(C)(=O)=O)C(=O)O. The predicted octanol–water partition coefficient (Wildman–Crippen LogP) is 0.559. The van der Waals surface area contributed by atoms with E-state index < -0.39 is 21.9 Å². The van der Waals surface area contributed by atoms with Crippen molar-refractivity contribution in [1.29, 1.82) is 0 Å². The summed E-state index contributed by atoms with van der Waals surface area (Å²) in [5.74, 6) is -1.53. The summed E-state index contributed by atoms with van der Waals surface area (Å²) in [5, 5.41) is 8.72. The molecule has 1 atom stereocenters. The molecular weight excluding hydrogens is 218 g/mol. The van der Waals surface area contributed by atoms with Crippen LogP contribution in [0.25, 0.3) is 0 Å². The minimum absolute atomic E-state index is 0.204. The molecule has 15 heavy (non-hydrogen) atoms. The lowest BCUT2D eigenvalue weighted by Crippen LogP contribution is -2.18. The highest BCUT2D eigenvalue weighted by molar-refractivity contribution is 7.89. The summed E-state index contributed by atoms with van der Waals surface area (Å²) >= 11 is 0. The fraction of sp³-hybridized carbons (Fsp3) is 0.444. The molecule has 6 heteroatoms. The molecule has 0 aliphatic carbocycles. The molecule has 1 aromatic heterocycles. The Morgan fingerprint density at radius 2 is 2.20 bits per heavy atom. The van der Waals surface area contributed by atoms with Gasteiger partial charge in [-0.05, 0) is 12.1 Å². The van der Waals surface area contributed by atoms with E-state index in [4.69, 9.17) is 5.11 Å². The number of carboxylic acids is 1. The van der Waals surface area contributed by atoms with Crippen LogP contribution in [0.5, 0.6) is 0 Å². The Labute approximate surface area is 88.4 Å². The molecule has 0 aromatic carbocycles. The van der Waals surface area contributed by atoms with Crippen molar-refractivity contribution in [3.63, 3.8) is 0 Å². The minimum atomic E-state index is -3.34. The van der Waals surface area contributed by atoms with Crippen molar-refractivity contribution < 1.29 is 18.3 Å². The van der Waals surface area contributed by atoms with Crippen LogP contribution in [0.3, 0.4) is 0 Å². The lowest BCUT2D eigenvalue weighted by atomic mass is 10.1. The molecule has 84 valence electrons. The molecule has 0 bridgehead atoms. The Hall–Kier alpha value is -1.30. The second kappa shape index (κ2) is 4.06. The largest absolute Gasteiger partial charge is 0.481 e. The highest BCUT2D eigenvalue weighted by atomic mass is 32.2. The molecule has 0 spiro atoms. The van der Waals surface area contributed by atoms with Crippen LogP contribution in [0.4, 0.5) is 0 Å². The van der Waals surface area contributed by atoms with Gasteiger partial charge in [0.05, 0.1) is 12.2 Å². The molecule has 0 aliphatic heterocycles. The molecule has 0 fully saturated rings. The number of hydrogen-bond acceptors (Lipinski definition) is 3. The zero-order valence-electron chi connectivity index (χ0n) is 8.54. The maximum Gasteiger partial charge on any atom is 0.306 e. The van der Waals surface area contributed by atoms with Crippen LogP contribution >= 0.6 is 0 Å². The zero-order valence-corrected chi connectivity index (χ0v) is 9.36. The fourth-order valence-corrected chi connectivity index (χ4v) is 2.14. The summed E-state index contributed by atoms with van der Waals surface area (Å²) in [4.78, 5) is 10.6. The van der Waals surface area contributed by atoms with Gasteiger partial charge in [0.2, 0.25) is 10.0 Å². The fourth-order valence-electron chi connectivity index (χ4n) is 1.28. The molecule has 0 saturated heterocycles. The van der Waals surface area contributed by atoms with Crippen molar-refractivity contribution >= 4 is 16.0 Å². The highest BCUT2D eigenvalue weighted by Crippen LogP contribution is 2.11. The first kappa shape index (κ1) is 11.8. The molecule has 0 amide bonds. The lowest BCUT2D eigenvalue weighted by molar-refractivity contribution is -0.141. The maximum atomic E-state index is 11.3. The Morgan fingerprint density at radius 3 is 2.67 bits per heavy atom.